The highest BCUT2D eigenvalue weighted by Gasteiger charge is 2.21. The van der Waals surface area contributed by atoms with Crippen LogP contribution in [-0.2, 0) is 0 Å². The minimum atomic E-state index is -0.490. The molecule has 5 rings (SSSR count). The number of hydrogen-bond donors (Lipinski definition) is 4. The number of benzene rings is 1. The van der Waals surface area contributed by atoms with Gasteiger partial charge in [0.25, 0.3) is 11.5 Å². The molecule has 0 saturated carbocycles. The normalized spacial score (nSPS) is 15.4. The van der Waals surface area contributed by atoms with Crippen LogP contribution in [0, 0.1) is 6.92 Å². The summed E-state index contributed by atoms with van der Waals surface area (Å²) >= 11 is 0. The van der Waals surface area contributed by atoms with Gasteiger partial charge in [-0.3, -0.25) is 14.5 Å². The highest BCUT2D eigenvalue weighted by atomic mass is 16.5. The molecule has 2 aliphatic heterocycles. The van der Waals surface area contributed by atoms with Gasteiger partial charge in [-0.1, -0.05) is 6.92 Å². The van der Waals surface area contributed by atoms with E-state index in [2.05, 4.69) is 42.6 Å². The van der Waals surface area contributed by atoms with Gasteiger partial charge >= 0.3 is 0 Å². The van der Waals surface area contributed by atoms with Crippen LogP contribution in [-0.4, -0.2) is 66.7 Å². The number of piperazine rings is 1. The van der Waals surface area contributed by atoms with Crippen LogP contribution < -0.4 is 31.1 Å². The summed E-state index contributed by atoms with van der Waals surface area (Å²) in [6.45, 7) is 10.6. The van der Waals surface area contributed by atoms with Crippen LogP contribution in [0.3, 0.4) is 0 Å². The number of anilines is 5. The molecule has 1 saturated heterocycles. The fourth-order valence-corrected chi connectivity index (χ4v) is 4.80. The zero-order valence-electron chi connectivity index (χ0n) is 21.3. The third-order valence-corrected chi connectivity index (χ3v) is 6.81. The standard InChI is InChI=1S/C27H33N7O3/c1-3-11-33-12-14-34(15-13-33)20-6-4-19(5-7-20)31-26(36)23-21(8-9-29-25(23)35)32-22-17-30-27-24(18(22)2)28-10-16-37-27/h4-9,17,28H,3,10-16H2,1-2H3,(H,31,36)(H2,29,32,35). The number of hydrogen-bond acceptors (Lipinski definition) is 8. The zero-order valence-corrected chi connectivity index (χ0v) is 21.3. The Morgan fingerprint density at radius 2 is 1.89 bits per heavy atom. The van der Waals surface area contributed by atoms with E-state index in [9.17, 15) is 9.59 Å². The number of carbonyl (C=O) groups is 1. The van der Waals surface area contributed by atoms with E-state index in [1.165, 1.54) is 12.6 Å². The lowest BCUT2D eigenvalue weighted by atomic mass is 10.1. The molecule has 0 unspecified atom stereocenters. The third-order valence-electron chi connectivity index (χ3n) is 6.81. The van der Waals surface area contributed by atoms with Crippen molar-refractivity contribution < 1.29 is 9.53 Å². The minimum Gasteiger partial charge on any atom is -0.474 e. The van der Waals surface area contributed by atoms with E-state index in [4.69, 9.17) is 4.74 Å². The summed E-state index contributed by atoms with van der Waals surface area (Å²) in [7, 11) is 0. The summed E-state index contributed by atoms with van der Waals surface area (Å²) in [6, 6.07) is 9.44. The minimum absolute atomic E-state index is 0.0000440. The van der Waals surface area contributed by atoms with Crippen molar-refractivity contribution in [2.24, 2.45) is 0 Å². The molecule has 3 aromatic rings. The van der Waals surface area contributed by atoms with Crippen molar-refractivity contribution in [2.45, 2.75) is 20.3 Å². The summed E-state index contributed by atoms with van der Waals surface area (Å²) < 4.78 is 5.59. The number of H-pyrrole nitrogens is 1. The molecule has 10 nitrogen and oxygen atoms in total. The van der Waals surface area contributed by atoms with Crippen molar-refractivity contribution in [3.05, 3.63) is 64.2 Å². The lowest BCUT2D eigenvalue weighted by Crippen LogP contribution is -2.46. The summed E-state index contributed by atoms with van der Waals surface area (Å²) in [5, 5.41) is 9.38. The molecule has 1 aromatic carbocycles. The summed E-state index contributed by atoms with van der Waals surface area (Å²) in [4.78, 5) is 37.7. The molecular formula is C27H33N7O3. The molecule has 4 N–H and O–H groups in total. The van der Waals surface area contributed by atoms with E-state index < -0.39 is 11.5 Å². The Hall–Kier alpha value is -4.05. The van der Waals surface area contributed by atoms with Gasteiger partial charge in [0, 0.05) is 55.9 Å². The van der Waals surface area contributed by atoms with Crippen LogP contribution in [0.4, 0.5) is 28.4 Å². The number of nitrogens with zero attached hydrogens (tertiary/aromatic N) is 3. The highest BCUT2D eigenvalue weighted by molar-refractivity contribution is 6.08. The smallest absolute Gasteiger partial charge is 0.263 e. The number of fused-ring (bicyclic) bond motifs is 1. The maximum absolute atomic E-state index is 13.2. The molecular weight excluding hydrogens is 470 g/mol. The van der Waals surface area contributed by atoms with Crippen molar-refractivity contribution >= 4 is 34.3 Å². The van der Waals surface area contributed by atoms with E-state index in [-0.39, 0.29) is 5.56 Å². The molecule has 0 spiro atoms. The van der Waals surface area contributed by atoms with E-state index >= 15 is 0 Å². The first-order valence-electron chi connectivity index (χ1n) is 12.8. The van der Waals surface area contributed by atoms with Gasteiger partial charge in [0.1, 0.15) is 17.9 Å². The summed E-state index contributed by atoms with van der Waals surface area (Å²) in [6.07, 6.45) is 4.33. The number of aromatic amines is 1. The number of aromatic nitrogens is 2. The molecule has 2 aromatic heterocycles. The van der Waals surface area contributed by atoms with Gasteiger partial charge in [-0.05, 0) is 50.2 Å². The van der Waals surface area contributed by atoms with Gasteiger partial charge in [-0.2, -0.15) is 0 Å². The monoisotopic (exact) mass is 503 g/mol. The van der Waals surface area contributed by atoms with Crippen LogP contribution in [0.2, 0.25) is 0 Å². The number of nitrogens with one attached hydrogen (secondary N) is 4. The van der Waals surface area contributed by atoms with E-state index in [0.717, 1.165) is 49.7 Å². The van der Waals surface area contributed by atoms with Crippen LogP contribution in [0.15, 0.2) is 47.5 Å². The fraction of sp³-hybridized carbons (Fsp3) is 0.370. The van der Waals surface area contributed by atoms with Crippen molar-refractivity contribution in [3.8, 4) is 5.88 Å². The topological polar surface area (TPSA) is 115 Å². The Bertz CT molecular complexity index is 1310. The molecule has 10 heteroatoms. The zero-order chi connectivity index (χ0) is 25.8. The quantitative estimate of drug-likeness (QED) is 0.388. The number of pyridine rings is 2. The summed E-state index contributed by atoms with van der Waals surface area (Å²) in [5.41, 5.74) is 4.04. The Morgan fingerprint density at radius 1 is 1.11 bits per heavy atom. The molecule has 0 bridgehead atoms. The lowest BCUT2D eigenvalue weighted by molar-refractivity contribution is 0.102. The molecule has 1 amide bonds. The molecule has 0 atom stereocenters. The van der Waals surface area contributed by atoms with Crippen molar-refractivity contribution in [1.29, 1.82) is 0 Å². The predicted octanol–water partition coefficient (Wildman–Crippen LogP) is 3.41. The average Bonchev–Trinajstić information content (AvgIpc) is 2.91. The SMILES string of the molecule is CCCN1CCN(c2ccc(NC(=O)c3c(Nc4cnc5c(c4C)NCCO5)cc[nH]c3=O)cc2)CC1. The second kappa shape index (κ2) is 10.9. The van der Waals surface area contributed by atoms with Crippen molar-refractivity contribution in [2.75, 3.05) is 66.7 Å². The van der Waals surface area contributed by atoms with Crippen LogP contribution in [0.5, 0.6) is 5.88 Å². The first-order valence-corrected chi connectivity index (χ1v) is 12.8. The van der Waals surface area contributed by atoms with Gasteiger partial charge in [0.05, 0.1) is 17.6 Å². The fourth-order valence-electron chi connectivity index (χ4n) is 4.80. The maximum atomic E-state index is 13.2. The molecule has 0 aliphatic carbocycles. The van der Waals surface area contributed by atoms with Crippen LogP contribution >= 0.6 is 0 Å². The Balaban J connectivity index is 1.30. The van der Waals surface area contributed by atoms with Crippen molar-refractivity contribution in [1.82, 2.24) is 14.9 Å². The third kappa shape index (κ3) is 5.39. The van der Waals surface area contributed by atoms with Gasteiger partial charge in [-0.25, -0.2) is 4.98 Å². The molecule has 194 valence electrons. The predicted molar refractivity (Wildman–Crippen MR) is 147 cm³/mol. The maximum Gasteiger partial charge on any atom is 0.263 e. The number of amides is 1. The molecule has 4 heterocycles. The van der Waals surface area contributed by atoms with E-state index in [1.54, 1.807) is 12.3 Å². The van der Waals surface area contributed by atoms with E-state index in [0.29, 0.717) is 36.1 Å². The second-order valence-electron chi connectivity index (χ2n) is 9.30. The molecule has 0 radical (unpaired) electrons. The van der Waals surface area contributed by atoms with E-state index in [1.807, 2.05) is 31.2 Å². The number of carbonyl (C=O) groups excluding carboxylic acids is 1. The largest absolute Gasteiger partial charge is 0.474 e. The van der Waals surface area contributed by atoms with Gasteiger partial charge in [-0.15, -0.1) is 0 Å². The lowest BCUT2D eigenvalue weighted by Gasteiger charge is -2.36. The first kappa shape index (κ1) is 24.6. The van der Waals surface area contributed by atoms with Crippen LogP contribution in [0.25, 0.3) is 0 Å². The molecule has 37 heavy (non-hydrogen) atoms. The summed E-state index contributed by atoms with van der Waals surface area (Å²) in [5.74, 6) is 0.0553. The molecule has 1 fully saturated rings. The van der Waals surface area contributed by atoms with Gasteiger partial charge in [0.2, 0.25) is 5.88 Å². The number of rotatable bonds is 7. The second-order valence-corrected chi connectivity index (χ2v) is 9.30. The highest BCUT2D eigenvalue weighted by Crippen LogP contribution is 2.34. The van der Waals surface area contributed by atoms with Crippen molar-refractivity contribution in [3.63, 3.8) is 0 Å². The Morgan fingerprint density at radius 3 is 2.65 bits per heavy atom. The average molecular weight is 504 g/mol. The Kier molecular flexibility index (Phi) is 7.27. The molecule has 2 aliphatic rings. The van der Waals surface area contributed by atoms with Crippen LogP contribution in [0.1, 0.15) is 29.3 Å². The van der Waals surface area contributed by atoms with Gasteiger partial charge < -0.3 is 30.6 Å². The Labute approximate surface area is 216 Å². The first-order chi connectivity index (χ1) is 18.0. The van der Waals surface area contributed by atoms with Gasteiger partial charge in [0.15, 0.2) is 0 Å². The number of ether oxygens (including phenoxy) is 1.